The van der Waals surface area contributed by atoms with Crippen LogP contribution in [0.25, 0.3) is 0 Å². The molecule has 0 amide bonds. The van der Waals surface area contributed by atoms with Gasteiger partial charge in [-0.1, -0.05) is 0 Å². The van der Waals surface area contributed by atoms with Gasteiger partial charge in [0.25, 0.3) is 10.0 Å². The lowest BCUT2D eigenvalue weighted by molar-refractivity contribution is 0.0620. The molecule has 0 atom stereocenters. The highest BCUT2D eigenvalue weighted by molar-refractivity contribution is 7.89. The van der Waals surface area contributed by atoms with E-state index in [1.807, 2.05) is 0 Å². The van der Waals surface area contributed by atoms with E-state index in [0.29, 0.717) is 31.2 Å². The molecular formula is C11H18ClN3O3S. The van der Waals surface area contributed by atoms with Crippen molar-refractivity contribution in [2.75, 3.05) is 26.8 Å². The fraction of sp³-hybridized carbons (Fsp3) is 0.727. The van der Waals surface area contributed by atoms with E-state index in [1.54, 1.807) is 7.05 Å². The minimum atomic E-state index is -3.55. The van der Waals surface area contributed by atoms with Crippen molar-refractivity contribution in [1.82, 2.24) is 14.5 Å². The number of hydrogen-bond acceptors (Lipinski definition) is 4. The number of aromatic amines is 1. The minimum absolute atomic E-state index is 0.0945. The van der Waals surface area contributed by atoms with E-state index >= 15 is 0 Å². The van der Waals surface area contributed by atoms with Crippen molar-refractivity contribution < 1.29 is 13.2 Å². The second kappa shape index (κ2) is 6.21. The van der Waals surface area contributed by atoms with Gasteiger partial charge in [0.1, 0.15) is 0 Å². The quantitative estimate of drug-likeness (QED) is 0.829. The van der Waals surface area contributed by atoms with E-state index in [9.17, 15) is 8.42 Å². The van der Waals surface area contributed by atoms with Crippen molar-refractivity contribution in [3.05, 3.63) is 11.8 Å². The molecule has 1 N–H and O–H groups in total. The molecule has 0 aliphatic carbocycles. The summed E-state index contributed by atoms with van der Waals surface area (Å²) in [6.45, 7) is 1.90. The van der Waals surface area contributed by atoms with Gasteiger partial charge in [0.2, 0.25) is 0 Å². The van der Waals surface area contributed by atoms with Gasteiger partial charge in [0.05, 0.1) is 12.1 Å². The summed E-state index contributed by atoms with van der Waals surface area (Å²) < 4.78 is 31.5. The maximum atomic E-state index is 12.4. The normalized spacial score (nSPS) is 18.1. The summed E-state index contributed by atoms with van der Waals surface area (Å²) in [7, 11) is -1.96. The Balaban J connectivity index is 2.10. The van der Waals surface area contributed by atoms with Crippen molar-refractivity contribution in [2.24, 2.45) is 5.92 Å². The lowest BCUT2D eigenvalue weighted by Gasteiger charge is -2.26. The molecule has 108 valence electrons. The van der Waals surface area contributed by atoms with Crippen LogP contribution >= 0.6 is 11.6 Å². The number of rotatable bonds is 5. The molecule has 0 unspecified atom stereocenters. The molecule has 0 spiro atoms. The first-order chi connectivity index (χ1) is 9.05. The molecule has 0 saturated carbocycles. The van der Waals surface area contributed by atoms with E-state index in [-0.39, 0.29) is 10.9 Å². The largest absolute Gasteiger partial charge is 0.381 e. The van der Waals surface area contributed by atoms with Crippen LogP contribution in [0.2, 0.25) is 0 Å². The zero-order valence-corrected chi connectivity index (χ0v) is 12.4. The summed E-state index contributed by atoms with van der Waals surface area (Å²) in [6, 6.07) is 0. The number of nitrogens with one attached hydrogen (secondary N) is 1. The summed E-state index contributed by atoms with van der Waals surface area (Å²) in [4.78, 5) is 0. The van der Waals surface area contributed by atoms with Gasteiger partial charge >= 0.3 is 0 Å². The van der Waals surface area contributed by atoms with Gasteiger partial charge < -0.3 is 4.74 Å². The Labute approximate surface area is 118 Å². The first-order valence-corrected chi connectivity index (χ1v) is 8.15. The number of hydrogen-bond donors (Lipinski definition) is 1. The van der Waals surface area contributed by atoms with Gasteiger partial charge in [-0.3, -0.25) is 5.10 Å². The maximum absolute atomic E-state index is 12.4. The van der Waals surface area contributed by atoms with E-state index < -0.39 is 10.0 Å². The zero-order chi connectivity index (χ0) is 13.9. The molecule has 0 bridgehead atoms. The summed E-state index contributed by atoms with van der Waals surface area (Å²) >= 11 is 5.72. The average molecular weight is 308 g/mol. The Kier molecular flexibility index (Phi) is 4.83. The monoisotopic (exact) mass is 307 g/mol. The van der Waals surface area contributed by atoms with Crippen molar-refractivity contribution in [2.45, 2.75) is 23.7 Å². The Morgan fingerprint density at radius 3 is 2.84 bits per heavy atom. The van der Waals surface area contributed by atoms with Crippen molar-refractivity contribution in [1.29, 1.82) is 0 Å². The molecule has 2 heterocycles. The van der Waals surface area contributed by atoms with Crippen LogP contribution in [0.4, 0.5) is 0 Å². The van der Waals surface area contributed by atoms with Crippen molar-refractivity contribution in [3.8, 4) is 0 Å². The molecule has 1 aromatic heterocycles. The molecule has 1 aromatic rings. The number of sulfonamides is 1. The van der Waals surface area contributed by atoms with Crippen LogP contribution in [-0.2, 0) is 20.6 Å². The van der Waals surface area contributed by atoms with Crippen LogP contribution in [0, 0.1) is 5.92 Å². The average Bonchev–Trinajstić information content (AvgIpc) is 2.88. The lowest BCUT2D eigenvalue weighted by atomic mass is 10.0. The van der Waals surface area contributed by atoms with E-state index in [2.05, 4.69) is 10.2 Å². The van der Waals surface area contributed by atoms with Crippen LogP contribution in [0.1, 0.15) is 18.4 Å². The Morgan fingerprint density at radius 2 is 2.21 bits per heavy atom. The molecule has 8 heteroatoms. The van der Waals surface area contributed by atoms with Gasteiger partial charge in [0, 0.05) is 32.4 Å². The van der Waals surface area contributed by atoms with Crippen LogP contribution in [-0.4, -0.2) is 49.7 Å². The summed E-state index contributed by atoms with van der Waals surface area (Å²) in [5, 5.41) is 6.37. The van der Waals surface area contributed by atoms with Gasteiger partial charge in [-0.2, -0.15) is 9.40 Å². The second-order valence-corrected chi connectivity index (χ2v) is 6.95. The first-order valence-electron chi connectivity index (χ1n) is 6.18. The molecule has 19 heavy (non-hydrogen) atoms. The van der Waals surface area contributed by atoms with Crippen LogP contribution in [0.15, 0.2) is 11.2 Å². The molecule has 0 radical (unpaired) electrons. The fourth-order valence-corrected chi connectivity index (χ4v) is 3.79. The number of halogens is 1. The van der Waals surface area contributed by atoms with Crippen molar-refractivity contribution in [3.63, 3.8) is 0 Å². The highest BCUT2D eigenvalue weighted by Gasteiger charge is 2.28. The van der Waals surface area contributed by atoms with E-state index in [1.165, 1.54) is 10.5 Å². The van der Waals surface area contributed by atoms with E-state index in [0.717, 1.165) is 12.8 Å². The van der Waals surface area contributed by atoms with Gasteiger partial charge in [-0.05, 0) is 18.8 Å². The van der Waals surface area contributed by atoms with Crippen molar-refractivity contribution >= 4 is 21.6 Å². The molecule has 1 fully saturated rings. The van der Waals surface area contributed by atoms with Crippen LogP contribution in [0.3, 0.4) is 0 Å². The van der Waals surface area contributed by atoms with Gasteiger partial charge in [-0.15, -0.1) is 11.6 Å². The molecule has 1 saturated heterocycles. The third-order valence-electron chi connectivity index (χ3n) is 3.35. The third kappa shape index (κ3) is 3.28. The van der Waals surface area contributed by atoms with Gasteiger partial charge in [0.15, 0.2) is 5.03 Å². The predicted octanol–water partition coefficient (Wildman–Crippen LogP) is 1.20. The SMILES string of the molecule is CN(CC1CCOCC1)S(=O)(=O)c1[nH]ncc1CCl. The topological polar surface area (TPSA) is 75.3 Å². The molecule has 1 aliphatic rings. The second-order valence-electron chi connectivity index (χ2n) is 4.70. The highest BCUT2D eigenvalue weighted by atomic mass is 35.5. The number of alkyl halides is 1. The molecular weight excluding hydrogens is 290 g/mol. The number of H-pyrrole nitrogens is 1. The molecule has 0 aromatic carbocycles. The fourth-order valence-electron chi connectivity index (χ4n) is 2.16. The lowest BCUT2D eigenvalue weighted by Crippen LogP contribution is -2.34. The highest BCUT2D eigenvalue weighted by Crippen LogP contribution is 2.22. The third-order valence-corrected chi connectivity index (χ3v) is 5.47. The maximum Gasteiger partial charge on any atom is 0.260 e. The first kappa shape index (κ1) is 14.8. The Hall–Kier alpha value is -0.630. The minimum Gasteiger partial charge on any atom is -0.381 e. The Bertz CT molecular complexity index is 511. The number of nitrogens with zero attached hydrogens (tertiary/aromatic N) is 2. The smallest absolute Gasteiger partial charge is 0.260 e. The summed E-state index contributed by atoms with van der Waals surface area (Å²) in [6.07, 6.45) is 3.23. The van der Waals surface area contributed by atoms with Crippen LogP contribution < -0.4 is 0 Å². The standard InChI is InChI=1S/C11H18ClN3O3S/c1-15(8-9-2-4-18-5-3-9)19(16,17)11-10(6-12)7-13-14-11/h7,9H,2-6,8H2,1H3,(H,13,14). The molecule has 6 nitrogen and oxygen atoms in total. The summed E-state index contributed by atoms with van der Waals surface area (Å²) in [5.74, 6) is 0.465. The number of ether oxygens (including phenoxy) is 1. The predicted molar refractivity (Wildman–Crippen MR) is 71.5 cm³/mol. The van der Waals surface area contributed by atoms with E-state index in [4.69, 9.17) is 16.3 Å². The number of aromatic nitrogens is 2. The molecule has 1 aliphatic heterocycles. The van der Waals surface area contributed by atoms with Crippen LogP contribution in [0.5, 0.6) is 0 Å². The Morgan fingerprint density at radius 1 is 1.53 bits per heavy atom. The molecule has 2 rings (SSSR count). The van der Waals surface area contributed by atoms with Gasteiger partial charge in [-0.25, -0.2) is 8.42 Å². The zero-order valence-electron chi connectivity index (χ0n) is 10.8. The summed E-state index contributed by atoms with van der Waals surface area (Å²) in [5.41, 5.74) is 0.500.